The Morgan fingerprint density at radius 2 is 0.431 bits per heavy atom. The Labute approximate surface area is 751 Å². The summed E-state index contributed by atoms with van der Waals surface area (Å²) >= 11 is 0. The number of carbonyl (C=O) groups is 3. The second-order valence-corrected chi connectivity index (χ2v) is 35.4. The molecule has 0 rings (SSSR count). The number of hydrogen-bond acceptors (Lipinski definition) is 14. The predicted octanol–water partition coefficient (Wildman–Crippen LogP) is 30.8. The van der Waals surface area contributed by atoms with Gasteiger partial charge in [-0.3, -0.25) is 32.5 Å². The highest BCUT2D eigenvalue weighted by atomic mass is 31.2. The van der Waals surface area contributed by atoms with Crippen molar-refractivity contribution < 1.29 is 75.8 Å². The Morgan fingerprint density at radius 3 is 0.683 bits per heavy atom. The molecule has 0 saturated heterocycles. The minimum atomic E-state index is -4.95. The van der Waals surface area contributed by atoms with E-state index in [9.17, 15) is 43.5 Å². The van der Waals surface area contributed by atoms with E-state index in [0.29, 0.717) is 19.3 Å². The van der Waals surface area contributed by atoms with Crippen LogP contribution in [0.1, 0.15) is 406 Å². The molecule has 0 bridgehead atoms. The molecule has 0 aromatic heterocycles. The van der Waals surface area contributed by atoms with Crippen LogP contribution in [-0.4, -0.2) is 95.9 Å². The number of hydrogen-bond donors (Lipinski definition) is 4. The fourth-order valence-corrected chi connectivity index (χ4v) is 14.8. The number of rotatable bonds is 92. The van der Waals surface area contributed by atoms with Crippen LogP contribution in [0.15, 0.2) is 182 Å². The highest BCUT2D eigenvalue weighted by molar-refractivity contribution is 7.47. The number of aliphatic hydroxyl groups excluding tert-OH is 2. The Hall–Kier alpha value is -5.35. The first-order valence-corrected chi connectivity index (χ1v) is 52.1. The average molecular weight is 1760 g/mol. The van der Waals surface area contributed by atoms with Gasteiger partial charge in [-0.2, -0.15) is 0 Å². The van der Waals surface area contributed by atoms with E-state index >= 15 is 0 Å². The minimum Gasteiger partial charge on any atom is -0.463 e. The lowest BCUT2D eigenvalue weighted by Gasteiger charge is -2.21. The number of carbonyl (C=O) groups excluding carboxylic acids is 3. The molecular weight excluding hydrogens is 1580 g/mol. The van der Waals surface area contributed by atoms with Crippen molar-refractivity contribution in [1.82, 2.24) is 0 Å². The van der Waals surface area contributed by atoms with Crippen LogP contribution < -0.4 is 0 Å². The first-order chi connectivity index (χ1) is 60.2. The molecule has 0 aliphatic carbocycles. The fraction of sp³-hybridized carbons (Fsp3) is 0.686. The van der Waals surface area contributed by atoms with Crippen molar-refractivity contribution in [2.45, 2.75) is 424 Å². The molecule has 0 aliphatic rings. The molecule has 0 aliphatic heterocycles. The van der Waals surface area contributed by atoms with Crippen LogP contribution in [0.3, 0.4) is 0 Å². The molecule has 704 valence electrons. The number of phosphoric ester groups is 2. The van der Waals surface area contributed by atoms with Crippen LogP contribution in [0, 0.1) is 0 Å². The maximum Gasteiger partial charge on any atom is 0.472 e. The summed E-state index contributed by atoms with van der Waals surface area (Å²) in [6, 6.07) is 0. The number of phosphoric acid groups is 2. The number of ether oxygens (including phenoxy) is 3. The lowest BCUT2D eigenvalue weighted by atomic mass is 10.0. The van der Waals surface area contributed by atoms with Gasteiger partial charge in [0, 0.05) is 19.3 Å². The predicted molar refractivity (Wildman–Crippen MR) is 518 cm³/mol. The highest BCUT2D eigenvalue weighted by Crippen LogP contribution is 2.45. The van der Waals surface area contributed by atoms with Gasteiger partial charge < -0.3 is 34.2 Å². The van der Waals surface area contributed by atoms with E-state index < -0.39 is 91.5 Å². The first kappa shape index (κ1) is 118. The second-order valence-electron chi connectivity index (χ2n) is 32.5. The molecule has 0 saturated carbocycles. The maximum atomic E-state index is 13.1. The van der Waals surface area contributed by atoms with Crippen molar-refractivity contribution in [2.75, 3.05) is 39.6 Å². The molecule has 0 aromatic carbocycles. The van der Waals surface area contributed by atoms with Gasteiger partial charge in [-0.15, -0.1) is 0 Å². The van der Waals surface area contributed by atoms with Crippen molar-refractivity contribution in [2.24, 2.45) is 0 Å². The third kappa shape index (κ3) is 97.1. The zero-order valence-corrected chi connectivity index (χ0v) is 79.6. The molecule has 0 aromatic rings. The van der Waals surface area contributed by atoms with Crippen molar-refractivity contribution >= 4 is 33.6 Å². The molecule has 0 radical (unpaired) electrons. The van der Waals surface area contributed by atoms with E-state index in [0.717, 1.165) is 167 Å². The first-order valence-electron chi connectivity index (χ1n) is 49.1. The monoisotopic (exact) mass is 1760 g/mol. The molecule has 4 N–H and O–H groups in total. The molecule has 18 heteroatoms. The summed E-state index contributed by atoms with van der Waals surface area (Å²) in [6.07, 6.45) is 127. The van der Waals surface area contributed by atoms with Crippen LogP contribution in [0.25, 0.3) is 0 Å². The van der Waals surface area contributed by atoms with Gasteiger partial charge >= 0.3 is 33.6 Å². The van der Waals surface area contributed by atoms with Gasteiger partial charge in [0.15, 0.2) is 6.10 Å². The summed E-state index contributed by atoms with van der Waals surface area (Å²) in [4.78, 5) is 59.1. The quantitative estimate of drug-likeness (QED) is 0.0146. The number of esters is 3. The van der Waals surface area contributed by atoms with E-state index in [4.69, 9.17) is 32.3 Å². The molecule has 0 heterocycles. The van der Waals surface area contributed by atoms with Crippen LogP contribution in [0.2, 0.25) is 0 Å². The van der Waals surface area contributed by atoms with Gasteiger partial charge in [-0.25, -0.2) is 9.13 Å². The van der Waals surface area contributed by atoms with E-state index in [1.165, 1.54) is 180 Å². The SMILES string of the molecule is CC/C=C\C/C=C\C/C=C\C/C=C\C/C=C\C/C=C\CCCCCCCCCCCCCCCCC(=O)OCC(O)COP(=O)(O)OCC(O)COP(=O)(O)OCC(COC(=O)CCCCCCCCCCCCCCCCCCC/C=C\C/C=C\C/C=C\C/C=C\CCCCC)OC(=O)CCCCCCC/C=C\C/C=C\C/C=C\C/C=C\C/C=C\CC. The third-order valence-electron chi connectivity index (χ3n) is 20.6. The van der Waals surface area contributed by atoms with Crippen LogP contribution in [0.5, 0.6) is 0 Å². The molecule has 5 atom stereocenters. The lowest BCUT2D eigenvalue weighted by molar-refractivity contribution is -0.161. The smallest absolute Gasteiger partial charge is 0.463 e. The Balaban J connectivity index is 4.57. The minimum absolute atomic E-state index is 0.0791. The molecular formula is C105H178O16P2. The van der Waals surface area contributed by atoms with E-state index in [1.807, 2.05) is 0 Å². The summed E-state index contributed by atoms with van der Waals surface area (Å²) in [5.41, 5.74) is 0. The van der Waals surface area contributed by atoms with Gasteiger partial charge in [0.2, 0.25) is 0 Å². The zero-order chi connectivity index (χ0) is 89.3. The maximum absolute atomic E-state index is 13.1. The van der Waals surface area contributed by atoms with Crippen LogP contribution in [-0.2, 0) is 55.8 Å². The fourth-order valence-electron chi connectivity index (χ4n) is 13.2. The standard InChI is InChI=1S/C105H178O16P2/c1-4-7-10-13-16-19-22-25-28-31-34-37-39-41-43-45-47-49-51-53-55-57-59-62-64-67-70-73-76-79-82-85-88-91-103(108)115-94-100(106)95-117-122(111,112)118-96-101(107)97-119-123(113,114)120-99-102(121-105(110)93-90-87-84-81-78-75-72-69-66-61-36-33-30-27-24-21-18-15-12-9-6-3)98-116-104(109)92-89-86-83-80-77-74-71-68-65-63-60-58-56-54-52-50-48-46-44-42-40-38-35-32-29-26-23-20-17-14-11-8-5-2/h7,9-10,12,16-21,25-30,34-38,41-44,47,49,61,69,72,100-102,106-107H,4-6,8,11,13-15,22-24,31-33,39-40,45-46,48,50-60,62-68,70-71,73-99H2,1-3H3,(H,111,112)(H,113,114)/b10-7-,12-9-,19-16-,20-17-,21-18-,28-25-,29-26-,30-27-,37-34-,38-35-,43-41-,44-42-,49-47-,61-36-,72-69-. The third-order valence-corrected chi connectivity index (χ3v) is 22.5. The summed E-state index contributed by atoms with van der Waals surface area (Å²) in [6.45, 7) is 2.45. The van der Waals surface area contributed by atoms with Gasteiger partial charge in [0.05, 0.1) is 26.4 Å². The summed E-state index contributed by atoms with van der Waals surface area (Å²) in [5, 5.41) is 20.8. The second kappa shape index (κ2) is 95.7. The van der Waals surface area contributed by atoms with Crippen molar-refractivity contribution in [3.63, 3.8) is 0 Å². The number of allylic oxidation sites excluding steroid dienone is 30. The molecule has 0 amide bonds. The highest BCUT2D eigenvalue weighted by Gasteiger charge is 2.30. The zero-order valence-electron chi connectivity index (χ0n) is 77.8. The lowest BCUT2D eigenvalue weighted by Crippen LogP contribution is -2.30. The largest absolute Gasteiger partial charge is 0.472 e. The molecule has 123 heavy (non-hydrogen) atoms. The molecule has 0 spiro atoms. The number of aliphatic hydroxyl groups is 2. The summed E-state index contributed by atoms with van der Waals surface area (Å²) in [5.74, 6) is -1.59. The Bertz CT molecular complexity index is 2970. The Morgan fingerprint density at radius 1 is 0.236 bits per heavy atom. The topological polar surface area (TPSA) is 231 Å². The summed E-state index contributed by atoms with van der Waals surface area (Å²) in [7, 11) is -9.82. The Kier molecular flexibility index (Phi) is 91.6. The van der Waals surface area contributed by atoms with Gasteiger partial charge in [-0.05, 0) is 161 Å². The van der Waals surface area contributed by atoms with Crippen LogP contribution in [0.4, 0.5) is 0 Å². The van der Waals surface area contributed by atoms with Crippen LogP contribution >= 0.6 is 15.6 Å². The van der Waals surface area contributed by atoms with Crippen molar-refractivity contribution in [3.05, 3.63) is 182 Å². The van der Waals surface area contributed by atoms with E-state index in [1.54, 1.807) is 0 Å². The average Bonchev–Trinajstić information content (AvgIpc) is 0.900. The van der Waals surface area contributed by atoms with Gasteiger partial charge in [0.25, 0.3) is 0 Å². The molecule has 16 nitrogen and oxygen atoms in total. The summed E-state index contributed by atoms with van der Waals surface area (Å²) < 4.78 is 61.6. The molecule has 5 unspecified atom stereocenters. The normalized spacial score (nSPS) is 14.5. The van der Waals surface area contributed by atoms with Crippen molar-refractivity contribution in [1.29, 1.82) is 0 Å². The van der Waals surface area contributed by atoms with E-state index in [2.05, 4.69) is 203 Å². The number of unbranched alkanes of at least 4 members (excludes halogenated alkanes) is 39. The van der Waals surface area contributed by atoms with E-state index in [-0.39, 0.29) is 19.3 Å². The van der Waals surface area contributed by atoms with Gasteiger partial charge in [-0.1, -0.05) is 409 Å². The van der Waals surface area contributed by atoms with Crippen molar-refractivity contribution in [3.8, 4) is 0 Å². The van der Waals surface area contributed by atoms with Gasteiger partial charge in [0.1, 0.15) is 25.4 Å². The molecule has 0 fully saturated rings.